The molecule has 16 heavy (non-hydrogen) atoms. The smallest absolute Gasteiger partial charge is 0.224 e. The fourth-order valence-electron chi connectivity index (χ4n) is 2.97. The number of fused-ring (bicyclic) bond motifs is 2. The molecule has 1 amide bonds. The van der Waals surface area contributed by atoms with Gasteiger partial charge < -0.3 is 15.4 Å². The van der Waals surface area contributed by atoms with Crippen LogP contribution in [0, 0.1) is 5.92 Å². The van der Waals surface area contributed by atoms with Crippen LogP contribution in [-0.4, -0.2) is 37.2 Å². The lowest BCUT2D eigenvalue weighted by molar-refractivity contribution is -0.125. The predicted molar refractivity (Wildman–Crippen MR) is 62.7 cm³/mol. The topological polar surface area (TPSA) is 50.4 Å². The molecule has 3 heterocycles. The van der Waals surface area contributed by atoms with Crippen LogP contribution in [0.15, 0.2) is 0 Å². The van der Waals surface area contributed by atoms with Crippen molar-refractivity contribution in [2.45, 2.75) is 43.9 Å². The second-order valence-electron chi connectivity index (χ2n) is 4.91. The summed E-state index contributed by atoms with van der Waals surface area (Å²) < 4.78 is 5.72. The number of carbonyl (C=O) groups excluding carboxylic acids is 1. The number of ether oxygens (including phenoxy) is 1. The van der Waals surface area contributed by atoms with Crippen LogP contribution in [0.4, 0.5) is 0 Å². The molecule has 0 aromatic heterocycles. The van der Waals surface area contributed by atoms with Gasteiger partial charge >= 0.3 is 0 Å². The molecule has 3 aliphatic heterocycles. The molecule has 3 saturated heterocycles. The highest BCUT2D eigenvalue weighted by Crippen LogP contribution is 2.34. The van der Waals surface area contributed by atoms with Crippen molar-refractivity contribution in [2.24, 2.45) is 5.92 Å². The van der Waals surface area contributed by atoms with Gasteiger partial charge in [-0.05, 0) is 32.2 Å². The van der Waals surface area contributed by atoms with Gasteiger partial charge in [0.2, 0.25) is 5.91 Å². The fourth-order valence-corrected chi connectivity index (χ4v) is 2.97. The van der Waals surface area contributed by atoms with E-state index in [4.69, 9.17) is 4.74 Å². The number of nitrogens with one attached hydrogen (secondary N) is 2. The first-order valence-corrected chi connectivity index (χ1v) is 5.99. The summed E-state index contributed by atoms with van der Waals surface area (Å²) in [5.74, 6) is 0.408. The number of hydrogen-bond acceptors (Lipinski definition) is 3. The van der Waals surface area contributed by atoms with Crippen LogP contribution in [0.5, 0.6) is 0 Å². The summed E-state index contributed by atoms with van der Waals surface area (Å²) >= 11 is 0. The van der Waals surface area contributed by atoms with E-state index in [2.05, 4.69) is 10.6 Å². The minimum Gasteiger partial charge on any atom is -0.373 e. The highest BCUT2D eigenvalue weighted by Gasteiger charge is 2.42. The molecule has 92 valence electrons. The molecule has 3 unspecified atom stereocenters. The van der Waals surface area contributed by atoms with Gasteiger partial charge in [-0.25, -0.2) is 0 Å². The zero-order valence-corrected chi connectivity index (χ0v) is 10.1. The van der Waals surface area contributed by atoms with Crippen molar-refractivity contribution in [3.63, 3.8) is 0 Å². The second-order valence-corrected chi connectivity index (χ2v) is 4.91. The molecule has 3 rings (SSSR count). The lowest BCUT2D eigenvalue weighted by atomic mass is 9.95. The molecular formula is C11H19ClN2O2. The summed E-state index contributed by atoms with van der Waals surface area (Å²) in [6, 6.07) is 0.289. The minimum atomic E-state index is 0. The summed E-state index contributed by atoms with van der Waals surface area (Å²) in [4.78, 5) is 11.9. The Morgan fingerprint density at radius 2 is 2.19 bits per heavy atom. The third-order valence-corrected chi connectivity index (χ3v) is 3.86. The van der Waals surface area contributed by atoms with Crippen molar-refractivity contribution in [2.75, 3.05) is 13.1 Å². The first-order valence-electron chi connectivity index (χ1n) is 5.99. The number of carbonyl (C=O) groups is 1. The van der Waals surface area contributed by atoms with E-state index in [1.165, 1.54) is 6.42 Å². The first-order chi connectivity index (χ1) is 7.33. The maximum absolute atomic E-state index is 11.9. The molecule has 0 aliphatic carbocycles. The molecule has 3 fully saturated rings. The van der Waals surface area contributed by atoms with Crippen LogP contribution < -0.4 is 10.6 Å². The minimum absolute atomic E-state index is 0. The van der Waals surface area contributed by atoms with Gasteiger partial charge in [0, 0.05) is 6.54 Å². The van der Waals surface area contributed by atoms with Crippen molar-refractivity contribution in [3.05, 3.63) is 0 Å². The quantitative estimate of drug-likeness (QED) is 0.744. The molecule has 4 nitrogen and oxygen atoms in total. The van der Waals surface area contributed by atoms with Crippen molar-refractivity contribution < 1.29 is 9.53 Å². The highest BCUT2D eigenvalue weighted by molar-refractivity contribution is 5.85. The van der Waals surface area contributed by atoms with Crippen LogP contribution >= 0.6 is 12.4 Å². The van der Waals surface area contributed by atoms with E-state index in [1.54, 1.807) is 0 Å². The van der Waals surface area contributed by atoms with Crippen LogP contribution in [0.25, 0.3) is 0 Å². The van der Waals surface area contributed by atoms with E-state index in [0.29, 0.717) is 12.2 Å². The largest absolute Gasteiger partial charge is 0.373 e. The average Bonchev–Trinajstić information content (AvgIpc) is 2.95. The van der Waals surface area contributed by atoms with Gasteiger partial charge in [0.15, 0.2) is 0 Å². The van der Waals surface area contributed by atoms with Crippen LogP contribution in [0.2, 0.25) is 0 Å². The lowest BCUT2D eigenvalue weighted by Crippen LogP contribution is -2.44. The van der Waals surface area contributed by atoms with Crippen LogP contribution in [0.1, 0.15) is 25.7 Å². The summed E-state index contributed by atoms with van der Waals surface area (Å²) in [5, 5.41) is 6.37. The van der Waals surface area contributed by atoms with Gasteiger partial charge in [-0.15, -0.1) is 12.4 Å². The molecule has 0 aromatic carbocycles. The number of hydrogen-bond donors (Lipinski definition) is 2. The Labute approximate surface area is 102 Å². The Morgan fingerprint density at radius 1 is 1.31 bits per heavy atom. The van der Waals surface area contributed by atoms with Gasteiger partial charge in [-0.3, -0.25) is 4.79 Å². The SMILES string of the molecule is Cl.O=C(NC1CC2CCC1O2)[C@H]1CCNC1. The second kappa shape index (κ2) is 4.90. The van der Waals surface area contributed by atoms with E-state index < -0.39 is 0 Å². The van der Waals surface area contributed by atoms with Crippen molar-refractivity contribution in [1.29, 1.82) is 0 Å². The molecule has 0 saturated carbocycles. The standard InChI is InChI=1S/C11H18N2O2.ClH/c14-11(7-3-4-12-6-7)13-9-5-8-1-2-10(9)15-8;/h7-10,12H,1-6H2,(H,13,14);1H/t7-,8?,9?,10?;/m0./s1. The zero-order valence-electron chi connectivity index (χ0n) is 9.28. The number of amides is 1. The van der Waals surface area contributed by atoms with Gasteiger partial charge in [0.25, 0.3) is 0 Å². The number of rotatable bonds is 2. The van der Waals surface area contributed by atoms with Gasteiger partial charge in [-0.1, -0.05) is 0 Å². The third kappa shape index (κ3) is 2.19. The van der Waals surface area contributed by atoms with Crippen molar-refractivity contribution >= 4 is 18.3 Å². The van der Waals surface area contributed by atoms with Crippen molar-refractivity contribution in [3.8, 4) is 0 Å². The Balaban J connectivity index is 0.000000963. The van der Waals surface area contributed by atoms with Gasteiger partial charge in [0.05, 0.1) is 24.2 Å². The van der Waals surface area contributed by atoms with E-state index in [1.807, 2.05) is 0 Å². The Hall–Kier alpha value is -0.320. The fraction of sp³-hybridized carbons (Fsp3) is 0.909. The summed E-state index contributed by atoms with van der Waals surface area (Å²) in [5.41, 5.74) is 0. The highest BCUT2D eigenvalue weighted by atomic mass is 35.5. The van der Waals surface area contributed by atoms with E-state index in [9.17, 15) is 4.79 Å². The third-order valence-electron chi connectivity index (χ3n) is 3.86. The number of halogens is 1. The van der Waals surface area contributed by atoms with E-state index in [0.717, 1.165) is 32.4 Å². The molecule has 0 radical (unpaired) electrons. The molecule has 4 atom stereocenters. The van der Waals surface area contributed by atoms with E-state index in [-0.39, 0.29) is 30.3 Å². The lowest BCUT2D eigenvalue weighted by Gasteiger charge is -2.21. The molecule has 3 aliphatic rings. The zero-order chi connectivity index (χ0) is 10.3. The van der Waals surface area contributed by atoms with Crippen LogP contribution in [-0.2, 0) is 9.53 Å². The Bertz CT molecular complexity index is 269. The maximum Gasteiger partial charge on any atom is 0.224 e. The summed E-state index contributed by atoms with van der Waals surface area (Å²) in [6.45, 7) is 1.82. The Kier molecular flexibility index (Phi) is 3.72. The molecular weight excluding hydrogens is 228 g/mol. The maximum atomic E-state index is 11.9. The molecule has 5 heteroatoms. The Morgan fingerprint density at radius 3 is 2.75 bits per heavy atom. The summed E-state index contributed by atoms with van der Waals surface area (Å²) in [6.07, 6.45) is 5.03. The summed E-state index contributed by atoms with van der Waals surface area (Å²) in [7, 11) is 0. The molecule has 2 N–H and O–H groups in total. The van der Waals surface area contributed by atoms with E-state index >= 15 is 0 Å². The van der Waals surface area contributed by atoms with Crippen molar-refractivity contribution in [1.82, 2.24) is 10.6 Å². The van der Waals surface area contributed by atoms with Crippen LogP contribution in [0.3, 0.4) is 0 Å². The monoisotopic (exact) mass is 246 g/mol. The van der Waals surface area contributed by atoms with Gasteiger partial charge in [-0.2, -0.15) is 0 Å². The van der Waals surface area contributed by atoms with Gasteiger partial charge in [0.1, 0.15) is 0 Å². The predicted octanol–water partition coefficient (Wildman–Crippen LogP) is 0.454. The normalized spacial score (nSPS) is 40.8. The first kappa shape index (κ1) is 12.1. The molecule has 0 spiro atoms. The molecule has 0 aromatic rings. The average molecular weight is 247 g/mol. The molecule has 2 bridgehead atoms.